The number of amides is 1. The first-order valence-electron chi connectivity index (χ1n) is 6.62. The summed E-state index contributed by atoms with van der Waals surface area (Å²) in [5.41, 5.74) is 3.00. The summed E-state index contributed by atoms with van der Waals surface area (Å²) >= 11 is 0. The van der Waals surface area contributed by atoms with Gasteiger partial charge in [0.15, 0.2) is 0 Å². The van der Waals surface area contributed by atoms with Crippen molar-refractivity contribution in [3.63, 3.8) is 0 Å². The second kappa shape index (κ2) is 6.69. The smallest absolute Gasteiger partial charge is 0.265 e. The van der Waals surface area contributed by atoms with Gasteiger partial charge >= 0.3 is 0 Å². The van der Waals surface area contributed by atoms with Gasteiger partial charge in [0.2, 0.25) is 10.0 Å². The molecule has 0 heterocycles. The number of nitrogens with one attached hydrogen (secondary N) is 2. The third-order valence-corrected chi connectivity index (χ3v) is 4.71. The predicted octanol–water partition coefficient (Wildman–Crippen LogP) is 1.33. The van der Waals surface area contributed by atoms with Gasteiger partial charge in [-0.25, -0.2) is 19.0 Å². The molecule has 2 aromatic rings. The lowest BCUT2D eigenvalue weighted by Crippen LogP contribution is -2.30. The van der Waals surface area contributed by atoms with Crippen LogP contribution in [-0.4, -0.2) is 14.3 Å². The molecule has 0 saturated heterocycles. The van der Waals surface area contributed by atoms with E-state index in [1.165, 1.54) is 24.3 Å². The minimum absolute atomic E-state index is 0.0105. The molecule has 6 nitrogen and oxygen atoms in total. The van der Waals surface area contributed by atoms with Crippen molar-refractivity contribution >= 4 is 15.9 Å². The standard InChI is InChI=1S/C15H17N3O3S/c1-11(12-6-3-2-4-7-12)18-22(20,21)14-9-5-8-13(10-14)15(19)17-16/h2-11,18H,16H2,1H3,(H,17,19)/t11-/m1/s1. The van der Waals surface area contributed by atoms with Gasteiger partial charge in [-0.3, -0.25) is 10.2 Å². The highest BCUT2D eigenvalue weighted by molar-refractivity contribution is 7.89. The second-order valence-corrected chi connectivity index (χ2v) is 6.47. The van der Waals surface area contributed by atoms with Crippen LogP contribution in [0.3, 0.4) is 0 Å². The maximum absolute atomic E-state index is 12.4. The molecule has 0 aliphatic carbocycles. The van der Waals surface area contributed by atoms with Crippen LogP contribution in [0.2, 0.25) is 0 Å². The van der Waals surface area contributed by atoms with Gasteiger partial charge in [-0.2, -0.15) is 0 Å². The largest absolute Gasteiger partial charge is 0.290 e. The van der Waals surface area contributed by atoms with E-state index < -0.39 is 22.0 Å². The summed E-state index contributed by atoms with van der Waals surface area (Å²) in [4.78, 5) is 11.5. The third kappa shape index (κ3) is 3.70. The Kier molecular flexibility index (Phi) is 4.92. The van der Waals surface area contributed by atoms with Gasteiger partial charge in [-0.05, 0) is 30.7 Å². The first kappa shape index (κ1) is 16.2. The Balaban J connectivity index is 2.25. The van der Waals surface area contributed by atoms with Crippen molar-refractivity contribution in [3.8, 4) is 0 Å². The normalized spacial score (nSPS) is 12.6. The number of rotatable bonds is 5. The van der Waals surface area contributed by atoms with Crippen LogP contribution in [0.5, 0.6) is 0 Å². The summed E-state index contributed by atoms with van der Waals surface area (Å²) in [6.07, 6.45) is 0. The SMILES string of the molecule is C[C@@H](NS(=O)(=O)c1cccc(C(=O)NN)c1)c1ccccc1. The summed E-state index contributed by atoms with van der Waals surface area (Å²) in [7, 11) is -3.74. The molecule has 22 heavy (non-hydrogen) atoms. The quantitative estimate of drug-likeness (QED) is 0.439. The molecule has 0 spiro atoms. The molecule has 0 aromatic heterocycles. The predicted molar refractivity (Wildman–Crippen MR) is 83.3 cm³/mol. The number of hydrogen-bond acceptors (Lipinski definition) is 4. The zero-order chi connectivity index (χ0) is 16.2. The lowest BCUT2D eigenvalue weighted by molar-refractivity contribution is 0.0953. The van der Waals surface area contributed by atoms with E-state index in [1.54, 1.807) is 6.92 Å². The van der Waals surface area contributed by atoms with Crippen LogP contribution in [0.4, 0.5) is 0 Å². The summed E-state index contributed by atoms with van der Waals surface area (Å²) in [5, 5.41) is 0. The molecule has 4 N–H and O–H groups in total. The van der Waals surface area contributed by atoms with Crippen LogP contribution in [0.1, 0.15) is 28.9 Å². The maximum Gasteiger partial charge on any atom is 0.265 e. The Morgan fingerprint density at radius 1 is 1.09 bits per heavy atom. The Hall–Kier alpha value is -2.22. The van der Waals surface area contributed by atoms with Gasteiger partial charge in [0.05, 0.1) is 4.90 Å². The topological polar surface area (TPSA) is 101 Å². The first-order valence-corrected chi connectivity index (χ1v) is 8.10. The summed E-state index contributed by atoms with van der Waals surface area (Å²) < 4.78 is 27.4. The molecule has 116 valence electrons. The van der Waals surface area contributed by atoms with E-state index in [-0.39, 0.29) is 10.5 Å². The molecule has 0 saturated carbocycles. The average molecular weight is 319 g/mol. The van der Waals surface area contributed by atoms with Crippen molar-refractivity contribution in [2.24, 2.45) is 5.84 Å². The van der Waals surface area contributed by atoms with Crippen molar-refractivity contribution in [1.29, 1.82) is 0 Å². The molecule has 1 atom stereocenters. The van der Waals surface area contributed by atoms with E-state index in [2.05, 4.69) is 4.72 Å². The van der Waals surface area contributed by atoms with Crippen LogP contribution < -0.4 is 16.0 Å². The monoisotopic (exact) mass is 319 g/mol. The molecule has 0 radical (unpaired) electrons. The van der Waals surface area contributed by atoms with E-state index in [0.717, 1.165) is 5.56 Å². The molecule has 0 unspecified atom stereocenters. The molecule has 7 heteroatoms. The van der Waals surface area contributed by atoms with Gasteiger partial charge in [-0.1, -0.05) is 36.4 Å². The van der Waals surface area contributed by atoms with Gasteiger partial charge in [0.1, 0.15) is 0 Å². The van der Waals surface area contributed by atoms with E-state index in [9.17, 15) is 13.2 Å². The van der Waals surface area contributed by atoms with Crippen LogP contribution in [0.15, 0.2) is 59.5 Å². The van der Waals surface area contributed by atoms with Crippen molar-refractivity contribution in [2.45, 2.75) is 17.9 Å². The van der Waals surface area contributed by atoms with Crippen molar-refractivity contribution < 1.29 is 13.2 Å². The van der Waals surface area contributed by atoms with Crippen molar-refractivity contribution in [3.05, 3.63) is 65.7 Å². The molecule has 1 amide bonds. The maximum atomic E-state index is 12.4. The van der Waals surface area contributed by atoms with Gasteiger partial charge < -0.3 is 0 Å². The van der Waals surface area contributed by atoms with Crippen LogP contribution >= 0.6 is 0 Å². The molecule has 0 fully saturated rings. The van der Waals surface area contributed by atoms with Crippen LogP contribution in [0.25, 0.3) is 0 Å². The van der Waals surface area contributed by atoms with E-state index in [4.69, 9.17) is 5.84 Å². The van der Waals surface area contributed by atoms with Gasteiger partial charge in [-0.15, -0.1) is 0 Å². The van der Waals surface area contributed by atoms with Gasteiger partial charge in [0, 0.05) is 11.6 Å². The fourth-order valence-corrected chi connectivity index (χ4v) is 3.28. The van der Waals surface area contributed by atoms with E-state index in [0.29, 0.717) is 0 Å². The zero-order valence-electron chi connectivity index (χ0n) is 12.0. The minimum atomic E-state index is -3.74. The number of hydrazine groups is 1. The minimum Gasteiger partial charge on any atom is -0.290 e. The molecule has 0 bridgehead atoms. The lowest BCUT2D eigenvalue weighted by Gasteiger charge is -2.15. The Labute approximate surface area is 129 Å². The Bertz CT molecular complexity index is 761. The molecule has 0 aliphatic heterocycles. The van der Waals surface area contributed by atoms with Crippen LogP contribution in [-0.2, 0) is 10.0 Å². The molecular formula is C15H17N3O3S. The summed E-state index contributed by atoms with van der Waals surface area (Å²) in [6, 6.07) is 14.5. The highest BCUT2D eigenvalue weighted by atomic mass is 32.2. The second-order valence-electron chi connectivity index (χ2n) is 4.75. The number of sulfonamides is 1. The number of nitrogens with two attached hydrogens (primary N) is 1. The fraction of sp³-hybridized carbons (Fsp3) is 0.133. The molecule has 2 aromatic carbocycles. The molecule has 2 rings (SSSR count). The summed E-state index contributed by atoms with van der Waals surface area (Å²) in [5.74, 6) is 4.51. The Morgan fingerprint density at radius 2 is 1.77 bits per heavy atom. The highest BCUT2D eigenvalue weighted by Gasteiger charge is 2.19. The Morgan fingerprint density at radius 3 is 2.41 bits per heavy atom. The molecular weight excluding hydrogens is 302 g/mol. The number of nitrogen functional groups attached to an aromatic ring is 1. The van der Waals surface area contributed by atoms with Crippen LogP contribution in [0, 0.1) is 0 Å². The fourth-order valence-electron chi connectivity index (χ4n) is 2.00. The van der Waals surface area contributed by atoms with Gasteiger partial charge in [0.25, 0.3) is 5.91 Å². The highest BCUT2D eigenvalue weighted by Crippen LogP contribution is 2.17. The first-order chi connectivity index (χ1) is 10.4. The number of hydrogen-bond donors (Lipinski definition) is 3. The van der Waals surface area contributed by atoms with E-state index >= 15 is 0 Å². The van der Waals surface area contributed by atoms with E-state index in [1.807, 2.05) is 35.8 Å². The molecule has 0 aliphatic rings. The van der Waals surface area contributed by atoms with Crippen molar-refractivity contribution in [2.75, 3.05) is 0 Å². The number of carbonyl (C=O) groups excluding carboxylic acids is 1. The van der Waals surface area contributed by atoms with Crippen molar-refractivity contribution in [1.82, 2.24) is 10.1 Å². The average Bonchev–Trinajstić information content (AvgIpc) is 2.54. The summed E-state index contributed by atoms with van der Waals surface area (Å²) in [6.45, 7) is 1.75. The third-order valence-electron chi connectivity index (χ3n) is 3.17. The zero-order valence-corrected chi connectivity index (χ0v) is 12.8. The lowest BCUT2D eigenvalue weighted by atomic mass is 10.1. The number of benzene rings is 2. The number of carbonyl (C=O) groups is 1.